The molecule has 0 amide bonds. The van der Waals surface area contributed by atoms with Gasteiger partial charge >= 0.3 is 0 Å². The minimum atomic E-state index is 0.312. The molecule has 1 aliphatic carbocycles. The summed E-state index contributed by atoms with van der Waals surface area (Å²) in [5.74, 6) is 1.75. The lowest BCUT2D eigenvalue weighted by Gasteiger charge is -2.04. The van der Waals surface area contributed by atoms with E-state index in [0.717, 1.165) is 40.5 Å². The Hall–Kier alpha value is -0.660. The molecule has 1 aliphatic rings. The Kier molecular flexibility index (Phi) is 3.06. The molecule has 1 atom stereocenters. The molecule has 0 N–H and O–H groups in total. The number of halogens is 2. The molecule has 0 radical (unpaired) electrons. The van der Waals surface area contributed by atoms with Crippen LogP contribution in [-0.4, -0.2) is 5.38 Å². The number of furan rings is 1. The molecule has 0 aliphatic heterocycles. The number of hydrogen-bond acceptors (Lipinski definition) is 1. The minimum absolute atomic E-state index is 0.312. The second-order valence-electron chi connectivity index (χ2n) is 4.79. The van der Waals surface area contributed by atoms with Gasteiger partial charge in [-0.3, -0.25) is 0 Å². The highest BCUT2D eigenvalue weighted by molar-refractivity contribution is 6.31. The van der Waals surface area contributed by atoms with Crippen molar-refractivity contribution < 1.29 is 4.42 Å². The lowest BCUT2D eigenvalue weighted by molar-refractivity contribution is 0.527. The second-order valence-corrected chi connectivity index (χ2v) is 5.78. The van der Waals surface area contributed by atoms with Gasteiger partial charge in [0.2, 0.25) is 0 Å². The average Bonchev–Trinajstić information content (AvgIpc) is 3.07. The Balaban J connectivity index is 1.72. The first-order valence-electron chi connectivity index (χ1n) is 6.04. The van der Waals surface area contributed by atoms with Crippen molar-refractivity contribution in [2.45, 2.75) is 31.1 Å². The van der Waals surface area contributed by atoms with Crippen molar-refractivity contribution in [3.8, 4) is 0 Å². The van der Waals surface area contributed by atoms with Gasteiger partial charge < -0.3 is 4.42 Å². The summed E-state index contributed by atoms with van der Waals surface area (Å²) in [4.78, 5) is 0. The molecule has 0 saturated heterocycles. The fraction of sp³-hybridized carbons (Fsp3) is 0.429. The summed E-state index contributed by atoms with van der Waals surface area (Å²) in [5.41, 5.74) is 0.905. The van der Waals surface area contributed by atoms with Crippen molar-refractivity contribution in [1.82, 2.24) is 0 Å². The maximum Gasteiger partial charge on any atom is 0.134 e. The molecule has 1 saturated carbocycles. The van der Waals surface area contributed by atoms with Gasteiger partial charge in [0.25, 0.3) is 0 Å². The lowest BCUT2D eigenvalue weighted by Crippen LogP contribution is -2.02. The van der Waals surface area contributed by atoms with Crippen LogP contribution in [0.4, 0.5) is 0 Å². The van der Waals surface area contributed by atoms with E-state index < -0.39 is 0 Å². The van der Waals surface area contributed by atoms with Crippen molar-refractivity contribution >= 4 is 34.2 Å². The number of rotatable bonds is 4. The minimum Gasteiger partial charge on any atom is -0.461 e. The van der Waals surface area contributed by atoms with Gasteiger partial charge in [0, 0.05) is 22.2 Å². The maximum absolute atomic E-state index is 6.29. The molecule has 2 aromatic rings. The van der Waals surface area contributed by atoms with E-state index >= 15 is 0 Å². The topological polar surface area (TPSA) is 13.1 Å². The van der Waals surface area contributed by atoms with Crippen molar-refractivity contribution in [3.63, 3.8) is 0 Å². The molecular formula is C14H14Cl2O. The second kappa shape index (κ2) is 4.55. The summed E-state index contributed by atoms with van der Waals surface area (Å²) < 4.78 is 5.76. The fourth-order valence-electron chi connectivity index (χ4n) is 2.17. The van der Waals surface area contributed by atoms with Crippen LogP contribution in [0.5, 0.6) is 0 Å². The predicted octanol–water partition coefficient (Wildman–Crippen LogP) is 5.04. The first-order chi connectivity index (χ1) is 8.22. The molecule has 1 nitrogen and oxygen atoms in total. The third-order valence-electron chi connectivity index (χ3n) is 3.33. The monoisotopic (exact) mass is 268 g/mol. The SMILES string of the molecule is Clc1ccc2oc(CCC(Cl)C3CC3)cc2c1. The van der Waals surface area contributed by atoms with Crippen LogP contribution in [0, 0.1) is 5.92 Å². The molecule has 0 bridgehead atoms. The summed E-state index contributed by atoms with van der Waals surface area (Å²) in [6.45, 7) is 0. The van der Waals surface area contributed by atoms with Gasteiger partial charge in [0.1, 0.15) is 11.3 Å². The van der Waals surface area contributed by atoms with E-state index in [1.165, 1.54) is 12.8 Å². The molecule has 1 unspecified atom stereocenters. The zero-order valence-electron chi connectivity index (χ0n) is 9.46. The first-order valence-corrected chi connectivity index (χ1v) is 6.86. The quantitative estimate of drug-likeness (QED) is 0.709. The van der Waals surface area contributed by atoms with Crippen LogP contribution in [0.15, 0.2) is 28.7 Å². The summed E-state index contributed by atoms with van der Waals surface area (Å²) in [6.07, 6.45) is 4.50. The van der Waals surface area contributed by atoms with Crippen LogP contribution in [0.3, 0.4) is 0 Å². The van der Waals surface area contributed by atoms with Crippen molar-refractivity contribution in [1.29, 1.82) is 0 Å². The van der Waals surface area contributed by atoms with Crippen molar-refractivity contribution in [2.24, 2.45) is 5.92 Å². The molecule has 90 valence electrons. The number of alkyl halides is 1. The average molecular weight is 269 g/mol. The van der Waals surface area contributed by atoms with Gasteiger partial charge in [-0.1, -0.05) is 11.6 Å². The fourth-order valence-corrected chi connectivity index (χ4v) is 2.71. The maximum atomic E-state index is 6.29. The normalized spacial score (nSPS) is 17.5. The molecule has 3 rings (SSSR count). The third-order valence-corrected chi connectivity index (χ3v) is 4.14. The highest BCUT2D eigenvalue weighted by Gasteiger charge is 2.29. The lowest BCUT2D eigenvalue weighted by atomic mass is 10.1. The molecule has 1 fully saturated rings. The van der Waals surface area contributed by atoms with Crippen LogP contribution >= 0.6 is 23.2 Å². The molecule has 1 aromatic carbocycles. The third kappa shape index (κ3) is 2.61. The number of hydrogen-bond donors (Lipinski definition) is 0. The van der Waals surface area contributed by atoms with E-state index in [1.54, 1.807) is 0 Å². The predicted molar refractivity (Wildman–Crippen MR) is 71.9 cm³/mol. The molecule has 1 aromatic heterocycles. The van der Waals surface area contributed by atoms with Gasteiger partial charge in [-0.2, -0.15) is 0 Å². The summed E-state index contributed by atoms with van der Waals surface area (Å²) >= 11 is 12.2. The Labute approximate surface area is 111 Å². The van der Waals surface area contributed by atoms with E-state index in [4.69, 9.17) is 27.6 Å². The van der Waals surface area contributed by atoms with Gasteiger partial charge in [-0.25, -0.2) is 0 Å². The summed E-state index contributed by atoms with van der Waals surface area (Å²) in [6, 6.07) is 7.77. The van der Waals surface area contributed by atoms with E-state index in [0.29, 0.717) is 5.38 Å². The Morgan fingerprint density at radius 1 is 1.29 bits per heavy atom. The standard InChI is InChI=1S/C14H14Cl2O/c15-11-3-6-14-10(7-11)8-12(17-14)4-5-13(16)9-1-2-9/h3,6-9,13H,1-2,4-5H2. The van der Waals surface area contributed by atoms with Gasteiger partial charge in [0.05, 0.1) is 0 Å². The molecule has 17 heavy (non-hydrogen) atoms. The van der Waals surface area contributed by atoms with Gasteiger partial charge in [0.15, 0.2) is 0 Å². The zero-order chi connectivity index (χ0) is 11.8. The van der Waals surface area contributed by atoms with Crippen LogP contribution in [0.2, 0.25) is 5.02 Å². The summed E-state index contributed by atoms with van der Waals surface area (Å²) in [7, 11) is 0. The van der Waals surface area contributed by atoms with E-state index in [2.05, 4.69) is 6.07 Å². The highest BCUT2D eigenvalue weighted by Crippen LogP contribution is 2.37. The molecule has 0 spiro atoms. The molecule has 3 heteroatoms. The van der Waals surface area contributed by atoms with Crippen molar-refractivity contribution in [3.05, 3.63) is 35.0 Å². The highest BCUT2D eigenvalue weighted by atomic mass is 35.5. The number of benzene rings is 1. The van der Waals surface area contributed by atoms with E-state index in [1.807, 2.05) is 18.2 Å². The first kappa shape index (κ1) is 11.4. The van der Waals surface area contributed by atoms with Crippen LogP contribution in [0.1, 0.15) is 25.0 Å². The smallest absolute Gasteiger partial charge is 0.134 e. The summed E-state index contributed by atoms with van der Waals surface area (Å²) in [5, 5.41) is 2.13. The molecular weight excluding hydrogens is 255 g/mol. The number of aryl methyl sites for hydroxylation is 1. The molecule has 1 heterocycles. The van der Waals surface area contributed by atoms with Crippen LogP contribution in [-0.2, 0) is 6.42 Å². The Morgan fingerprint density at radius 3 is 2.88 bits per heavy atom. The van der Waals surface area contributed by atoms with E-state index in [9.17, 15) is 0 Å². The van der Waals surface area contributed by atoms with Crippen molar-refractivity contribution in [2.75, 3.05) is 0 Å². The van der Waals surface area contributed by atoms with Gasteiger partial charge in [-0.05, 0) is 49.4 Å². The van der Waals surface area contributed by atoms with Gasteiger partial charge in [-0.15, -0.1) is 11.6 Å². The number of fused-ring (bicyclic) bond motifs is 1. The van der Waals surface area contributed by atoms with Crippen LogP contribution in [0.25, 0.3) is 11.0 Å². The van der Waals surface area contributed by atoms with Crippen LogP contribution < -0.4 is 0 Å². The van der Waals surface area contributed by atoms with E-state index in [-0.39, 0.29) is 0 Å². The largest absolute Gasteiger partial charge is 0.461 e. The Morgan fingerprint density at radius 2 is 2.12 bits per heavy atom. The zero-order valence-corrected chi connectivity index (χ0v) is 11.0. The Bertz CT molecular complexity index is 528.